The van der Waals surface area contributed by atoms with E-state index in [4.69, 9.17) is 4.74 Å². The van der Waals surface area contributed by atoms with Gasteiger partial charge in [0.15, 0.2) is 0 Å². The summed E-state index contributed by atoms with van der Waals surface area (Å²) in [6, 6.07) is 15.5. The van der Waals surface area contributed by atoms with E-state index in [0.717, 1.165) is 28.8 Å². The molecule has 0 aliphatic carbocycles. The van der Waals surface area contributed by atoms with Gasteiger partial charge in [-0.25, -0.2) is 4.98 Å². The number of aromatic amines is 1. The van der Waals surface area contributed by atoms with E-state index in [0.29, 0.717) is 23.8 Å². The van der Waals surface area contributed by atoms with Gasteiger partial charge in [-0.1, -0.05) is 37.3 Å². The van der Waals surface area contributed by atoms with Gasteiger partial charge in [0.1, 0.15) is 17.4 Å². The van der Waals surface area contributed by atoms with Gasteiger partial charge in [0.05, 0.1) is 13.3 Å². The van der Waals surface area contributed by atoms with Crippen molar-refractivity contribution in [3.8, 4) is 16.9 Å². The van der Waals surface area contributed by atoms with E-state index in [1.165, 1.54) is 0 Å². The summed E-state index contributed by atoms with van der Waals surface area (Å²) in [5, 5.41) is 10.8. The van der Waals surface area contributed by atoms with Crippen LogP contribution >= 0.6 is 0 Å². The predicted octanol–water partition coefficient (Wildman–Crippen LogP) is 3.68. The number of nitrogens with zero attached hydrogens (tertiary/aromatic N) is 4. The second-order valence-electron chi connectivity index (χ2n) is 6.90. The number of ether oxygens (including phenoxy) is 1. The number of amides is 1. The molecule has 1 aromatic carbocycles. The second kappa shape index (κ2) is 9.17. The summed E-state index contributed by atoms with van der Waals surface area (Å²) in [5.74, 6) is 1.40. The normalized spacial score (nSPS) is 10.6. The number of H-pyrrole nitrogens is 1. The Morgan fingerprint density at radius 3 is 2.71 bits per heavy atom. The molecule has 4 rings (SSSR count). The highest BCUT2D eigenvalue weighted by Gasteiger charge is 2.14. The highest BCUT2D eigenvalue weighted by atomic mass is 16.5. The largest absolute Gasteiger partial charge is 0.494 e. The lowest BCUT2D eigenvalue weighted by molar-refractivity contribution is 0.101. The summed E-state index contributed by atoms with van der Waals surface area (Å²) in [4.78, 5) is 24.2. The van der Waals surface area contributed by atoms with Crippen LogP contribution in [0.15, 0.2) is 60.9 Å². The Balaban J connectivity index is 1.51. The fraction of sp³-hybridized carbons (Fsp3) is 0.174. The first-order chi connectivity index (χ1) is 15.2. The third kappa shape index (κ3) is 4.75. The molecule has 4 aromatic rings. The van der Waals surface area contributed by atoms with Crippen molar-refractivity contribution in [3.63, 3.8) is 0 Å². The Hall–Kier alpha value is -4.07. The quantitative estimate of drug-likeness (QED) is 0.478. The lowest BCUT2D eigenvalue weighted by Crippen LogP contribution is -2.14. The molecule has 1 amide bonds. The summed E-state index contributed by atoms with van der Waals surface area (Å²) >= 11 is 0. The van der Waals surface area contributed by atoms with Crippen LogP contribution in [0.4, 0.5) is 5.82 Å². The molecule has 0 radical (unpaired) electrons. The second-order valence-corrected chi connectivity index (χ2v) is 6.90. The number of benzene rings is 1. The van der Waals surface area contributed by atoms with Gasteiger partial charge in [-0.05, 0) is 35.7 Å². The molecule has 156 valence electrons. The maximum atomic E-state index is 12.6. The van der Waals surface area contributed by atoms with Crippen molar-refractivity contribution in [2.45, 2.75) is 19.8 Å². The minimum Gasteiger partial charge on any atom is -0.494 e. The van der Waals surface area contributed by atoms with Crippen molar-refractivity contribution in [1.29, 1.82) is 0 Å². The predicted molar refractivity (Wildman–Crippen MR) is 117 cm³/mol. The number of methoxy groups -OCH3 is 1. The highest BCUT2D eigenvalue weighted by molar-refractivity contribution is 6.01. The summed E-state index contributed by atoms with van der Waals surface area (Å²) in [7, 11) is 1.60. The number of hydrogen-bond acceptors (Lipinski definition) is 6. The summed E-state index contributed by atoms with van der Waals surface area (Å²) in [6.45, 7) is 2.04. The molecule has 0 bridgehead atoms. The third-order valence-electron chi connectivity index (χ3n) is 4.78. The van der Waals surface area contributed by atoms with Crippen LogP contribution < -0.4 is 10.1 Å². The van der Waals surface area contributed by atoms with Crippen LogP contribution in [0.1, 0.15) is 34.6 Å². The molecule has 0 unspecified atom stereocenters. The van der Waals surface area contributed by atoms with Crippen LogP contribution in [0, 0.1) is 0 Å². The van der Waals surface area contributed by atoms with Crippen molar-refractivity contribution in [3.05, 3.63) is 83.8 Å². The smallest absolute Gasteiger partial charge is 0.294 e. The van der Waals surface area contributed by atoms with Crippen molar-refractivity contribution >= 4 is 11.7 Å². The number of carbonyl (C=O) groups excluding carboxylic acids is 1. The zero-order valence-electron chi connectivity index (χ0n) is 17.3. The van der Waals surface area contributed by atoms with Gasteiger partial charge in [0.25, 0.3) is 5.91 Å². The summed E-state index contributed by atoms with van der Waals surface area (Å²) in [5.41, 5.74) is 3.78. The van der Waals surface area contributed by atoms with Crippen molar-refractivity contribution < 1.29 is 9.53 Å². The maximum Gasteiger partial charge on any atom is 0.294 e. The van der Waals surface area contributed by atoms with Gasteiger partial charge in [-0.3, -0.25) is 9.78 Å². The molecule has 8 nitrogen and oxygen atoms in total. The fourth-order valence-corrected chi connectivity index (χ4v) is 3.18. The molecule has 0 spiro atoms. The van der Waals surface area contributed by atoms with Crippen molar-refractivity contribution in [1.82, 2.24) is 25.1 Å². The van der Waals surface area contributed by atoms with Gasteiger partial charge in [-0.15, -0.1) is 10.2 Å². The molecule has 31 heavy (non-hydrogen) atoms. The van der Waals surface area contributed by atoms with Gasteiger partial charge in [-0.2, -0.15) is 0 Å². The summed E-state index contributed by atoms with van der Waals surface area (Å²) in [6.07, 6.45) is 4.71. The monoisotopic (exact) mass is 414 g/mol. The number of aromatic nitrogens is 5. The molecule has 0 atom stereocenters. The Bertz CT molecular complexity index is 1190. The van der Waals surface area contributed by atoms with Gasteiger partial charge in [0, 0.05) is 23.9 Å². The highest BCUT2D eigenvalue weighted by Crippen LogP contribution is 2.31. The van der Waals surface area contributed by atoms with E-state index in [1.54, 1.807) is 25.6 Å². The molecular formula is C23H22N6O2. The molecule has 0 aliphatic rings. The van der Waals surface area contributed by atoms with Crippen LogP contribution in [0.25, 0.3) is 11.1 Å². The molecule has 2 N–H and O–H groups in total. The molecule has 3 heterocycles. The zero-order valence-corrected chi connectivity index (χ0v) is 17.3. The Labute approximate surface area is 179 Å². The van der Waals surface area contributed by atoms with Crippen LogP contribution in [0.2, 0.25) is 0 Å². The molecule has 0 aliphatic heterocycles. The summed E-state index contributed by atoms with van der Waals surface area (Å²) < 4.78 is 5.45. The van der Waals surface area contributed by atoms with E-state index >= 15 is 0 Å². The Morgan fingerprint density at radius 1 is 1.10 bits per heavy atom. The molecule has 0 fully saturated rings. The first-order valence-corrected chi connectivity index (χ1v) is 9.92. The third-order valence-corrected chi connectivity index (χ3v) is 4.78. The van der Waals surface area contributed by atoms with Gasteiger partial charge in [0.2, 0.25) is 5.82 Å². The lowest BCUT2D eigenvalue weighted by atomic mass is 10.1. The topological polar surface area (TPSA) is 106 Å². The van der Waals surface area contributed by atoms with E-state index in [1.807, 2.05) is 49.4 Å². The number of rotatable bonds is 7. The Kier molecular flexibility index (Phi) is 5.98. The van der Waals surface area contributed by atoms with Crippen LogP contribution in [0.5, 0.6) is 5.75 Å². The molecule has 3 aromatic heterocycles. The fourth-order valence-electron chi connectivity index (χ4n) is 3.18. The first-order valence-electron chi connectivity index (χ1n) is 9.92. The number of aryl methyl sites for hydroxylation is 1. The van der Waals surface area contributed by atoms with E-state index < -0.39 is 5.91 Å². The SMILES string of the molecule is CCc1cc(-c2ccnc(NC(=O)c3nnc(Cc4ccccc4)[nH]3)c2)c(OC)cn1. The number of anilines is 1. The minimum atomic E-state index is -0.410. The molecule has 0 saturated heterocycles. The average Bonchev–Trinajstić information content (AvgIpc) is 3.28. The van der Waals surface area contributed by atoms with Gasteiger partial charge < -0.3 is 15.0 Å². The molecule has 0 saturated carbocycles. The molecular weight excluding hydrogens is 392 g/mol. The number of nitrogens with one attached hydrogen (secondary N) is 2. The standard InChI is InChI=1S/C23H22N6O2/c1-3-17-13-18(19(31-2)14-25-17)16-9-10-24-20(12-16)27-23(30)22-26-21(28-29-22)11-15-7-5-4-6-8-15/h4-10,12-14H,3,11H2,1-2H3,(H,24,27,30)(H,26,28,29). The first kappa shape index (κ1) is 20.2. The van der Waals surface area contributed by atoms with E-state index in [2.05, 4.69) is 30.5 Å². The average molecular weight is 414 g/mol. The number of pyridine rings is 2. The maximum absolute atomic E-state index is 12.6. The van der Waals surface area contributed by atoms with Crippen LogP contribution in [-0.4, -0.2) is 38.2 Å². The minimum absolute atomic E-state index is 0.132. The van der Waals surface area contributed by atoms with Crippen LogP contribution in [-0.2, 0) is 12.8 Å². The zero-order chi connectivity index (χ0) is 21.6. The van der Waals surface area contributed by atoms with Crippen molar-refractivity contribution in [2.75, 3.05) is 12.4 Å². The van der Waals surface area contributed by atoms with Crippen LogP contribution in [0.3, 0.4) is 0 Å². The van der Waals surface area contributed by atoms with E-state index in [9.17, 15) is 4.79 Å². The number of carbonyl (C=O) groups is 1. The van der Waals surface area contributed by atoms with E-state index in [-0.39, 0.29) is 5.82 Å². The Morgan fingerprint density at radius 2 is 1.94 bits per heavy atom. The number of hydrogen-bond donors (Lipinski definition) is 2. The van der Waals surface area contributed by atoms with Crippen molar-refractivity contribution in [2.24, 2.45) is 0 Å². The van der Waals surface area contributed by atoms with Gasteiger partial charge >= 0.3 is 0 Å². The molecule has 8 heteroatoms. The lowest BCUT2D eigenvalue weighted by Gasteiger charge is -2.11.